The maximum Gasteiger partial charge on any atom is 0.405 e. The maximum absolute atomic E-state index is 13.6. The second-order valence-corrected chi connectivity index (χ2v) is 11.4. The number of nitrogens with zero attached hydrogens (tertiary/aromatic N) is 2. The fourth-order valence-corrected chi connectivity index (χ4v) is 6.44. The van der Waals surface area contributed by atoms with E-state index < -0.39 is 24.0 Å². The molecule has 2 amide bonds. The van der Waals surface area contributed by atoms with Crippen molar-refractivity contribution >= 4 is 11.8 Å². The molecule has 1 aliphatic carbocycles. The minimum atomic E-state index is -4.49. The van der Waals surface area contributed by atoms with E-state index in [1.807, 2.05) is 77.7 Å². The number of carbonyl (C=O) groups excluding carboxylic acids is 2. The number of unbranched alkanes of at least 4 members (excludes halogenated alkanes) is 1. The minimum Gasteiger partial charge on any atom is -0.380 e. The summed E-state index contributed by atoms with van der Waals surface area (Å²) in [5.74, 6) is -0.493. The smallest absolute Gasteiger partial charge is 0.380 e. The van der Waals surface area contributed by atoms with Gasteiger partial charge in [-0.05, 0) is 52.8 Å². The van der Waals surface area contributed by atoms with E-state index in [2.05, 4.69) is 10.2 Å². The van der Waals surface area contributed by atoms with E-state index in [4.69, 9.17) is 4.74 Å². The number of fused-ring (bicyclic) bond motifs is 3. The van der Waals surface area contributed by atoms with Crippen molar-refractivity contribution in [1.29, 1.82) is 0 Å². The Morgan fingerprint density at radius 1 is 0.837 bits per heavy atom. The van der Waals surface area contributed by atoms with Crippen LogP contribution in [0.5, 0.6) is 0 Å². The molecule has 9 heteroatoms. The topological polar surface area (TPSA) is 61.9 Å². The molecule has 3 aromatic rings. The van der Waals surface area contributed by atoms with E-state index in [9.17, 15) is 22.8 Å². The molecule has 0 atom stereocenters. The molecule has 3 aromatic carbocycles. The summed E-state index contributed by atoms with van der Waals surface area (Å²) in [5.41, 5.74) is 4.19. The molecule has 2 aliphatic rings. The van der Waals surface area contributed by atoms with Crippen LogP contribution in [-0.4, -0.2) is 74.2 Å². The standard InChI is InChI=1S/C34H38F3N3O3/c1-43-23-26-14-12-25(13-15-26)22-31(41)40-20-18-39(19-21-40)17-7-6-16-33(32(42)38-24-34(35,36)37)29-10-4-2-8-27(29)28-9-3-5-11-30(28)33/h2-5,8-15H,6-7,16-24H2,1H3,(H,38,42). The number of nitrogens with one attached hydrogen (secondary N) is 1. The third kappa shape index (κ3) is 6.94. The highest BCUT2D eigenvalue weighted by molar-refractivity contribution is 6.00. The normalized spacial score (nSPS) is 16.0. The fraction of sp³-hybridized carbons (Fsp3) is 0.412. The predicted molar refractivity (Wildman–Crippen MR) is 159 cm³/mol. The van der Waals surface area contributed by atoms with Crippen LogP contribution < -0.4 is 5.32 Å². The van der Waals surface area contributed by atoms with Gasteiger partial charge in [-0.1, -0.05) is 79.2 Å². The number of hydrogen-bond acceptors (Lipinski definition) is 4. The molecule has 1 N–H and O–H groups in total. The van der Waals surface area contributed by atoms with Crippen molar-refractivity contribution < 1.29 is 27.5 Å². The zero-order valence-electron chi connectivity index (χ0n) is 24.5. The lowest BCUT2D eigenvalue weighted by Crippen LogP contribution is -2.49. The molecule has 5 rings (SSSR count). The summed E-state index contributed by atoms with van der Waals surface area (Å²) in [6, 6.07) is 23.0. The lowest BCUT2D eigenvalue weighted by atomic mass is 9.73. The number of rotatable bonds is 11. The highest BCUT2D eigenvalue weighted by Crippen LogP contribution is 2.51. The summed E-state index contributed by atoms with van der Waals surface area (Å²) < 4.78 is 44.5. The molecule has 1 heterocycles. The average Bonchev–Trinajstić information content (AvgIpc) is 3.30. The van der Waals surface area contributed by atoms with Crippen molar-refractivity contribution in [3.63, 3.8) is 0 Å². The minimum absolute atomic E-state index is 0.115. The van der Waals surface area contributed by atoms with Gasteiger partial charge in [-0.3, -0.25) is 14.5 Å². The molecule has 0 aromatic heterocycles. The summed E-state index contributed by atoms with van der Waals surface area (Å²) in [5, 5.41) is 2.20. The number of alkyl halides is 3. The van der Waals surface area contributed by atoms with E-state index in [0.29, 0.717) is 39.0 Å². The number of hydrogen-bond donors (Lipinski definition) is 1. The van der Waals surface area contributed by atoms with Crippen molar-refractivity contribution in [3.8, 4) is 11.1 Å². The third-order valence-corrected chi connectivity index (χ3v) is 8.59. The van der Waals surface area contributed by atoms with Gasteiger partial charge in [0.1, 0.15) is 12.0 Å². The van der Waals surface area contributed by atoms with Crippen LogP contribution in [0.4, 0.5) is 13.2 Å². The molecule has 0 radical (unpaired) electrons. The third-order valence-electron chi connectivity index (χ3n) is 8.59. The summed E-state index contributed by atoms with van der Waals surface area (Å²) in [6.45, 7) is 2.83. The van der Waals surface area contributed by atoms with Gasteiger partial charge < -0.3 is 15.0 Å². The SMILES string of the molecule is COCc1ccc(CC(=O)N2CCN(CCCCC3(C(=O)NCC(F)(F)F)c4ccccc4-c4ccccc43)CC2)cc1. The molecular weight excluding hydrogens is 555 g/mol. The van der Waals surface area contributed by atoms with E-state index >= 15 is 0 Å². The highest BCUT2D eigenvalue weighted by Gasteiger charge is 2.49. The van der Waals surface area contributed by atoms with E-state index in [0.717, 1.165) is 59.4 Å². The van der Waals surface area contributed by atoms with E-state index in [-0.39, 0.29) is 5.91 Å². The molecular formula is C34H38F3N3O3. The Morgan fingerprint density at radius 2 is 1.42 bits per heavy atom. The van der Waals surface area contributed by atoms with Gasteiger partial charge in [-0.25, -0.2) is 0 Å². The maximum atomic E-state index is 13.6. The average molecular weight is 594 g/mol. The van der Waals surface area contributed by atoms with Crippen molar-refractivity contribution in [2.45, 2.75) is 43.9 Å². The summed E-state index contributed by atoms with van der Waals surface area (Å²) in [6.07, 6.45) is -2.26. The first-order valence-corrected chi connectivity index (χ1v) is 14.8. The first-order valence-electron chi connectivity index (χ1n) is 14.8. The van der Waals surface area contributed by atoms with Gasteiger partial charge in [0.15, 0.2) is 0 Å². The summed E-state index contributed by atoms with van der Waals surface area (Å²) in [4.78, 5) is 30.8. The van der Waals surface area contributed by atoms with Crippen LogP contribution in [0.25, 0.3) is 11.1 Å². The van der Waals surface area contributed by atoms with E-state index in [1.165, 1.54) is 0 Å². The van der Waals surface area contributed by atoms with E-state index in [1.54, 1.807) is 7.11 Å². The van der Waals surface area contributed by atoms with Crippen LogP contribution in [0.15, 0.2) is 72.8 Å². The molecule has 0 spiro atoms. The molecule has 1 fully saturated rings. The molecule has 43 heavy (non-hydrogen) atoms. The lowest BCUT2D eigenvalue weighted by molar-refractivity contribution is -0.141. The van der Waals surface area contributed by atoms with Gasteiger partial charge in [0.05, 0.1) is 13.0 Å². The van der Waals surface area contributed by atoms with Gasteiger partial charge in [0.25, 0.3) is 0 Å². The zero-order chi connectivity index (χ0) is 30.5. The quantitative estimate of drug-likeness (QED) is 0.305. The van der Waals surface area contributed by atoms with Crippen molar-refractivity contribution in [1.82, 2.24) is 15.1 Å². The van der Waals surface area contributed by atoms with Gasteiger partial charge >= 0.3 is 6.18 Å². The summed E-state index contributed by atoms with van der Waals surface area (Å²) >= 11 is 0. The van der Waals surface area contributed by atoms with Crippen LogP contribution >= 0.6 is 0 Å². The van der Waals surface area contributed by atoms with Crippen LogP contribution in [-0.2, 0) is 32.8 Å². The number of halogens is 3. The second kappa shape index (κ2) is 13.3. The molecule has 0 unspecified atom stereocenters. The van der Waals surface area contributed by atoms with Crippen LogP contribution in [0.3, 0.4) is 0 Å². The lowest BCUT2D eigenvalue weighted by Gasteiger charge is -2.35. The van der Waals surface area contributed by atoms with Gasteiger partial charge in [-0.2, -0.15) is 13.2 Å². The van der Waals surface area contributed by atoms with Crippen LogP contribution in [0.1, 0.15) is 41.5 Å². The Kier molecular flexibility index (Phi) is 9.52. The first kappa shape index (κ1) is 30.8. The Hall–Kier alpha value is -3.69. The molecule has 0 bridgehead atoms. The Balaban J connectivity index is 1.18. The fourth-order valence-electron chi connectivity index (χ4n) is 6.44. The largest absolute Gasteiger partial charge is 0.405 e. The number of benzene rings is 3. The highest BCUT2D eigenvalue weighted by atomic mass is 19.4. The number of amides is 2. The molecule has 6 nitrogen and oxygen atoms in total. The number of methoxy groups -OCH3 is 1. The monoisotopic (exact) mass is 593 g/mol. The van der Waals surface area contributed by atoms with Crippen molar-refractivity contribution in [2.24, 2.45) is 0 Å². The Labute approximate surface area is 250 Å². The first-order chi connectivity index (χ1) is 20.7. The van der Waals surface area contributed by atoms with Crippen molar-refractivity contribution in [2.75, 3.05) is 46.4 Å². The molecule has 1 aliphatic heterocycles. The Morgan fingerprint density at radius 3 is 2.00 bits per heavy atom. The van der Waals surface area contributed by atoms with Crippen molar-refractivity contribution in [3.05, 3.63) is 95.1 Å². The second-order valence-electron chi connectivity index (χ2n) is 11.4. The van der Waals surface area contributed by atoms with Crippen LogP contribution in [0, 0.1) is 0 Å². The van der Waals surface area contributed by atoms with Gasteiger partial charge in [0, 0.05) is 33.3 Å². The molecule has 228 valence electrons. The zero-order valence-corrected chi connectivity index (χ0v) is 24.5. The van der Waals surface area contributed by atoms with Gasteiger partial charge in [-0.15, -0.1) is 0 Å². The number of carbonyl (C=O) groups is 2. The number of piperazine rings is 1. The predicted octanol–water partition coefficient (Wildman–Crippen LogP) is 5.34. The number of ether oxygens (including phenoxy) is 1. The Bertz CT molecular complexity index is 1370. The molecule has 0 saturated carbocycles. The van der Waals surface area contributed by atoms with Crippen LogP contribution in [0.2, 0.25) is 0 Å². The van der Waals surface area contributed by atoms with Gasteiger partial charge in [0.2, 0.25) is 11.8 Å². The molecule has 1 saturated heterocycles. The summed E-state index contributed by atoms with van der Waals surface area (Å²) in [7, 11) is 1.66.